The number of phenolic OH excluding ortho intramolecular Hbond substituents is 3. The van der Waals surface area contributed by atoms with Gasteiger partial charge in [0.2, 0.25) is 11.7 Å². The van der Waals surface area contributed by atoms with Gasteiger partial charge in [0.1, 0.15) is 16.8 Å². The number of nitrogens with zero attached hydrogens (tertiary/aromatic N) is 2. The zero-order valence-corrected chi connectivity index (χ0v) is 16.4. The van der Waals surface area contributed by atoms with Crippen molar-refractivity contribution in [1.82, 2.24) is 4.57 Å². The van der Waals surface area contributed by atoms with Gasteiger partial charge in [0.15, 0.2) is 11.5 Å². The van der Waals surface area contributed by atoms with Crippen LogP contribution in [0.1, 0.15) is 17.3 Å². The van der Waals surface area contributed by atoms with E-state index in [0.29, 0.717) is 4.90 Å². The minimum absolute atomic E-state index is 0.000882. The third-order valence-corrected chi connectivity index (χ3v) is 4.89. The number of amides is 1. The van der Waals surface area contributed by atoms with Crippen LogP contribution in [0.5, 0.6) is 23.0 Å². The van der Waals surface area contributed by atoms with Gasteiger partial charge >= 0.3 is 0 Å². The number of aliphatic hydroxyl groups is 2. The minimum Gasteiger partial charge on any atom is -0.506 e. The normalized spacial score (nSPS) is 11.6. The smallest absolute Gasteiger partial charge is 0.271 e. The molecule has 1 heterocycles. The van der Waals surface area contributed by atoms with Crippen LogP contribution in [0.3, 0.4) is 0 Å². The predicted molar refractivity (Wildman–Crippen MR) is 107 cm³/mol. The van der Waals surface area contributed by atoms with E-state index in [1.807, 2.05) is 0 Å². The Morgan fingerprint density at radius 1 is 1.00 bits per heavy atom. The second-order valence-electron chi connectivity index (χ2n) is 6.62. The molecule has 6 N–H and O–H groups in total. The van der Waals surface area contributed by atoms with Gasteiger partial charge in [0, 0.05) is 19.7 Å². The van der Waals surface area contributed by atoms with Crippen LogP contribution in [0, 0.1) is 0 Å². The highest BCUT2D eigenvalue weighted by Crippen LogP contribution is 2.49. The summed E-state index contributed by atoms with van der Waals surface area (Å²) in [5.41, 5.74) is -2.49. The van der Waals surface area contributed by atoms with E-state index in [1.54, 1.807) is 6.07 Å². The summed E-state index contributed by atoms with van der Waals surface area (Å²) in [5.74, 6) is -8.05. The highest BCUT2D eigenvalue weighted by atomic mass is 35.5. The molecule has 1 amide bonds. The van der Waals surface area contributed by atoms with E-state index in [-0.39, 0.29) is 5.69 Å². The maximum atomic E-state index is 13.2. The predicted octanol–water partition coefficient (Wildman–Crippen LogP) is 1.32. The van der Waals surface area contributed by atoms with Crippen LogP contribution < -0.4 is 10.5 Å². The van der Waals surface area contributed by atoms with Gasteiger partial charge in [0.25, 0.3) is 11.5 Å². The molecule has 1 aromatic heterocycles. The number of hydrogen-bond donors (Lipinski definition) is 6. The van der Waals surface area contributed by atoms with Gasteiger partial charge in [-0.25, -0.2) is 0 Å². The van der Waals surface area contributed by atoms with Crippen molar-refractivity contribution >= 4 is 34.1 Å². The van der Waals surface area contributed by atoms with Gasteiger partial charge in [-0.1, -0.05) is 29.8 Å². The fraction of sp³-hybridized carbons (Fsp3) is 0.158. The van der Waals surface area contributed by atoms with Crippen LogP contribution in [-0.2, 0) is 7.05 Å². The van der Waals surface area contributed by atoms with Gasteiger partial charge < -0.3 is 35.2 Å². The van der Waals surface area contributed by atoms with Gasteiger partial charge in [-0.3, -0.25) is 14.5 Å². The van der Waals surface area contributed by atoms with Crippen LogP contribution >= 0.6 is 11.6 Å². The van der Waals surface area contributed by atoms with Crippen molar-refractivity contribution in [2.75, 3.05) is 4.90 Å². The van der Waals surface area contributed by atoms with Crippen LogP contribution in [0.2, 0.25) is 5.02 Å². The molecule has 30 heavy (non-hydrogen) atoms. The molecular formula is C19H17ClN2O8. The number of halogens is 1. The molecule has 0 aliphatic carbocycles. The summed E-state index contributed by atoms with van der Waals surface area (Å²) in [7, 11) is 1.12. The quantitative estimate of drug-likeness (QED) is 0.264. The number of benzene rings is 2. The molecule has 10 nitrogen and oxygen atoms in total. The first kappa shape index (κ1) is 21.2. The lowest BCUT2D eigenvalue weighted by Gasteiger charge is -2.32. The number of rotatable bonds is 3. The molecule has 3 aromatic rings. The Morgan fingerprint density at radius 2 is 1.57 bits per heavy atom. The van der Waals surface area contributed by atoms with E-state index >= 15 is 0 Å². The van der Waals surface area contributed by atoms with E-state index in [4.69, 9.17) is 11.6 Å². The summed E-state index contributed by atoms with van der Waals surface area (Å²) in [5, 5.41) is 59.7. The monoisotopic (exact) mass is 436 g/mol. The standard InChI is InChI=1S/C19H17ClN2O8/c1-19(29,30)22(8-6-4-3-5-7-8)18(28)10-13(23)9-11(20)14(24)16(26)15(25)12(9)21(2)17(10)27/h3-7,23-26,29-30H,1-2H3. The third kappa shape index (κ3) is 3.07. The molecule has 0 aliphatic rings. The number of pyridine rings is 1. The number of carbonyl (C=O) groups excluding carboxylic acids is 1. The second-order valence-corrected chi connectivity index (χ2v) is 7.00. The number of aromatic nitrogens is 1. The molecule has 0 bridgehead atoms. The van der Waals surface area contributed by atoms with E-state index in [2.05, 4.69) is 0 Å². The lowest BCUT2D eigenvalue weighted by atomic mass is 10.1. The number of fused-ring (bicyclic) bond motifs is 1. The number of phenols is 3. The van der Waals surface area contributed by atoms with Crippen molar-refractivity contribution in [2.24, 2.45) is 7.05 Å². The van der Waals surface area contributed by atoms with Crippen molar-refractivity contribution < 1.29 is 35.4 Å². The molecule has 0 saturated heterocycles. The number of aromatic hydroxyl groups is 4. The van der Waals surface area contributed by atoms with Gasteiger partial charge in [-0.15, -0.1) is 0 Å². The number of hydrogen-bond acceptors (Lipinski definition) is 8. The SMILES string of the molecule is Cn1c(=O)c(C(=O)N(c2ccccc2)C(C)(O)O)c(O)c2c(Cl)c(O)c(O)c(O)c21. The highest BCUT2D eigenvalue weighted by Gasteiger charge is 2.37. The summed E-state index contributed by atoms with van der Waals surface area (Å²) in [6, 6.07) is 7.37. The summed E-state index contributed by atoms with van der Waals surface area (Å²) in [6.07, 6.45) is 0. The molecule has 0 saturated carbocycles. The van der Waals surface area contributed by atoms with Gasteiger partial charge in [0.05, 0.1) is 10.4 Å². The van der Waals surface area contributed by atoms with E-state index in [1.165, 1.54) is 24.3 Å². The lowest BCUT2D eigenvalue weighted by molar-refractivity contribution is -0.138. The zero-order chi connectivity index (χ0) is 22.5. The van der Waals surface area contributed by atoms with Crippen molar-refractivity contribution in [3.05, 3.63) is 51.3 Å². The Morgan fingerprint density at radius 3 is 2.10 bits per heavy atom. The molecule has 0 aliphatic heterocycles. The van der Waals surface area contributed by atoms with Gasteiger partial charge in [-0.2, -0.15) is 0 Å². The summed E-state index contributed by atoms with van der Waals surface area (Å²) >= 11 is 5.98. The molecule has 11 heteroatoms. The molecule has 2 aromatic carbocycles. The van der Waals surface area contributed by atoms with Crippen molar-refractivity contribution in [3.8, 4) is 23.0 Å². The molecule has 0 unspecified atom stereocenters. The topological polar surface area (TPSA) is 164 Å². The van der Waals surface area contributed by atoms with Gasteiger partial charge in [-0.05, 0) is 12.1 Å². The average Bonchev–Trinajstić information content (AvgIpc) is 2.67. The molecule has 0 radical (unpaired) electrons. The maximum absolute atomic E-state index is 13.2. The van der Waals surface area contributed by atoms with E-state index < -0.39 is 61.9 Å². The molecule has 158 valence electrons. The van der Waals surface area contributed by atoms with E-state index in [0.717, 1.165) is 18.5 Å². The Balaban J connectivity index is 2.41. The summed E-state index contributed by atoms with van der Waals surface area (Å²) < 4.78 is 0.720. The van der Waals surface area contributed by atoms with Crippen molar-refractivity contribution in [1.29, 1.82) is 0 Å². The Hall–Kier alpha value is -3.47. The van der Waals surface area contributed by atoms with E-state index in [9.17, 15) is 40.2 Å². The maximum Gasteiger partial charge on any atom is 0.271 e. The average molecular weight is 437 g/mol. The fourth-order valence-corrected chi connectivity index (χ4v) is 3.41. The third-order valence-electron chi connectivity index (χ3n) is 4.52. The van der Waals surface area contributed by atoms with Crippen LogP contribution in [-0.4, -0.2) is 47.0 Å². The van der Waals surface area contributed by atoms with Crippen molar-refractivity contribution in [2.45, 2.75) is 12.8 Å². The van der Waals surface area contributed by atoms with Crippen LogP contribution in [0.4, 0.5) is 5.69 Å². The Kier molecular flexibility index (Phi) is 5.02. The van der Waals surface area contributed by atoms with Crippen molar-refractivity contribution in [3.63, 3.8) is 0 Å². The minimum atomic E-state index is -2.77. The molecule has 0 fully saturated rings. The first-order valence-corrected chi connectivity index (χ1v) is 8.79. The summed E-state index contributed by atoms with van der Waals surface area (Å²) in [4.78, 5) is 26.5. The Bertz CT molecular complexity index is 1230. The Labute approximate surface area is 173 Å². The van der Waals surface area contributed by atoms with Crippen LogP contribution in [0.15, 0.2) is 35.1 Å². The zero-order valence-electron chi connectivity index (χ0n) is 15.7. The fourth-order valence-electron chi connectivity index (χ4n) is 3.14. The summed E-state index contributed by atoms with van der Waals surface area (Å²) in [6.45, 7) is 0.878. The first-order valence-electron chi connectivity index (χ1n) is 8.41. The first-order chi connectivity index (χ1) is 13.9. The number of carbonyl (C=O) groups is 1. The molecular weight excluding hydrogens is 420 g/mol. The molecule has 3 rings (SSSR count). The molecule has 0 atom stereocenters. The second kappa shape index (κ2) is 7.10. The number of para-hydroxylation sites is 1. The number of anilines is 1. The lowest BCUT2D eigenvalue weighted by Crippen LogP contribution is -2.51. The largest absolute Gasteiger partial charge is 0.506 e. The highest BCUT2D eigenvalue weighted by molar-refractivity contribution is 6.38. The van der Waals surface area contributed by atoms with Crippen LogP contribution in [0.25, 0.3) is 10.9 Å². The number of aryl methyl sites for hydroxylation is 1. The molecule has 0 spiro atoms.